The van der Waals surface area contributed by atoms with Crippen LogP contribution in [0.5, 0.6) is 5.75 Å². The monoisotopic (exact) mass is 589 g/mol. The summed E-state index contributed by atoms with van der Waals surface area (Å²) < 4.78 is 5.30. The van der Waals surface area contributed by atoms with Crippen molar-refractivity contribution in [1.82, 2.24) is 15.3 Å². The molecule has 41 heavy (non-hydrogen) atoms. The van der Waals surface area contributed by atoms with Crippen LogP contribution in [-0.2, 0) is 6.42 Å². The Kier molecular flexibility index (Phi) is 7.82. The summed E-state index contributed by atoms with van der Waals surface area (Å²) in [6, 6.07) is 21.1. The van der Waals surface area contributed by atoms with Gasteiger partial charge in [-0.05, 0) is 54.1 Å². The van der Waals surface area contributed by atoms with Crippen molar-refractivity contribution in [2.75, 3.05) is 53.7 Å². The number of hydrogen-bond acceptors (Lipinski definition) is 8. The number of hydrogen-bond donors (Lipinski definition) is 3. The Morgan fingerprint density at radius 3 is 2.39 bits per heavy atom. The minimum atomic E-state index is -0.512. The lowest BCUT2D eigenvalue weighted by Crippen LogP contribution is -2.51. The minimum absolute atomic E-state index is 0.292. The summed E-state index contributed by atoms with van der Waals surface area (Å²) >= 11 is 13.1. The molecule has 0 aliphatic carbocycles. The molecule has 0 bridgehead atoms. The van der Waals surface area contributed by atoms with Gasteiger partial charge in [0.15, 0.2) is 0 Å². The van der Waals surface area contributed by atoms with Crippen molar-refractivity contribution in [3.05, 3.63) is 94.1 Å². The van der Waals surface area contributed by atoms with E-state index in [1.54, 1.807) is 30.2 Å². The van der Waals surface area contributed by atoms with Gasteiger partial charge < -0.3 is 25.6 Å². The average Bonchev–Trinajstić information content (AvgIpc) is 2.99. The standard InChI is InChI=1S/C30H29Cl2N7O2/c1-41-22-11-5-19(6-12-22)17-26-36-28-23(29(40)39(26)27-24(31)3-2-4-25(27)32)18-34-30(37-28)35-20-7-9-21(10-8-20)38-15-13-33-14-16-38/h2-12,18,26,33H,13-17H2,1H3,(H2,34,35,36,37). The number of fused-ring (bicyclic) bond motifs is 1. The van der Waals surface area contributed by atoms with Crippen molar-refractivity contribution in [1.29, 1.82) is 0 Å². The first kappa shape index (κ1) is 27.1. The molecule has 0 spiro atoms. The molecule has 1 saturated heterocycles. The number of halogens is 2. The maximum Gasteiger partial charge on any atom is 0.265 e. The van der Waals surface area contributed by atoms with Crippen molar-refractivity contribution >= 4 is 57.9 Å². The number of benzene rings is 3. The van der Waals surface area contributed by atoms with Gasteiger partial charge in [-0.2, -0.15) is 4.98 Å². The van der Waals surface area contributed by atoms with Crippen LogP contribution < -0.4 is 30.5 Å². The van der Waals surface area contributed by atoms with Gasteiger partial charge in [0.1, 0.15) is 23.3 Å². The summed E-state index contributed by atoms with van der Waals surface area (Å²) in [4.78, 5) is 27.0. The van der Waals surface area contributed by atoms with E-state index in [0.29, 0.717) is 39.5 Å². The number of aromatic nitrogens is 2. The van der Waals surface area contributed by atoms with Crippen molar-refractivity contribution in [3.8, 4) is 5.75 Å². The Labute approximate surface area is 248 Å². The van der Waals surface area contributed by atoms with E-state index in [-0.39, 0.29) is 5.91 Å². The molecule has 11 heteroatoms. The third-order valence-electron chi connectivity index (χ3n) is 7.23. The fourth-order valence-electron chi connectivity index (χ4n) is 5.11. The molecular weight excluding hydrogens is 561 g/mol. The second-order valence-electron chi connectivity index (χ2n) is 9.82. The number of amides is 1. The minimum Gasteiger partial charge on any atom is -0.497 e. The number of ether oxygens (including phenoxy) is 1. The molecule has 2 aliphatic rings. The molecule has 210 valence electrons. The van der Waals surface area contributed by atoms with E-state index < -0.39 is 6.17 Å². The third kappa shape index (κ3) is 5.74. The van der Waals surface area contributed by atoms with Gasteiger partial charge in [0.25, 0.3) is 5.91 Å². The summed E-state index contributed by atoms with van der Waals surface area (Å²) in [5.41, 5.74) is 3.78. The third-order valence-corrected chi connectivity index (χ3v) is 7.84. The second-order valence-corrected chi connectivity index (χ2v) is 10.6. The number of carbonyl (C=O) groups is 1. The van der Waals surface area contributed by atoms with Crippen molar-refractivity contribution in [2.24, 2.45) is 0 Å². The van der Waals surface area contributed by atoms with Crippen LogP contribution in [0, 0.1) is 0 Å². The zero-order chi connectivity index (χ0) is 28.3. The summed E-state index contributed by atoms with van der Waals surface area (Å²) in [6.07, 6.45) is 1.48. The zero-order valence-corrected chi connectivity index (χ0v) is 23.9. The smallest absolute Gasteiger partial charge is 0.265 e. The topological polar surface area (TPSA) is 94.6 Å². The van der Waals surface area contributed by atoms with Gasteiger partial charge in [0.05, 0.1) is 22.8 Å². The molecule has 3 aromatic carbocycles. The molecule has 1 amide bonds. The van der Waals surface area contributed by atoms with Gasteiger partial charge in [-0.1, -0.05) is 41.4 Å². The molecule has 3 N–H and O–H groups in total. The Bertz CT molecular complexity index is 1520. The second kappa shape index (κ2) is 11.8. The van der Waals surface area contributed by atoms with Crippen molar-refractivity contribution in [2.45, 2.75) is 12.6 Å². The summed E-state index contributed by atoms with van der Waals surface area (Å²) in [5.74, 6) is 1.27. The maximum absolute atomic E-state index is 13.9. The molecule has 0 saturated carbocycles. The number of piperazine rings is 1. The zero-order valence-electron chi connectivity index (χ0n) is 22.4. The van der Waals surface area contributed by atoms with E-state index in [0.717, 1.165) is 43.2 Å². The average molecular weight is 591 g/mol. The number of carbonyl (C=O) groups excluding carboxylic acids is 1. The van der Waals surface area contributed by atoms with Crippen molar-refractivity contribution < 1.29 is 9.53 Å². The summed E-state index contributed by atoms with van der Waals surface area (Å²) in [5, 5.41) is 10.8. The number of anilines is 5. The van der Waals surface area contributed by atoms with Crippen LogP contribution in [-0.4, -0.2) is 55.3 Å². The van der Waals surface area contributed by atoms with Crippen LogP contribution in [0.4, 0.5) is 28.8 Å². The van der Waals surface area contributed by atoms with E-state index >= 15 is 0 Å². The molecule has 1 atom stereocenters. The molecule has 0 radical (unpaired) electrons. The van der Waals surface area contributed by atoms with Crippen LogP contribution in [0.1, 0.15) is 15.9 Å². The SMILES string of the molecule is COc1ccc(CC2Nc3nc(Nc4ccc(N5CCNCC5)cc4)ncc3C(=O)N2c2c(Cl)cccc2Cl)cc1. The van der Waals surface area contributed by atoms with Crippen LogP contribution >= 0.6 is 23.2 Å². The Balaban J connectivity index is 1.29. The Morgan fingerprint density at radius 1 is 1.00 bits per heavy atom. The molecule has 1 fully saturated rings. The van der Waals surface area contributed by atoms with Gasteiger partial charge in [0.2, 0.25) is 5.95 Å². The fraction of sp³-hybridized carbons (Fsp3) is 0.233. The van der Waals surface area contributed by atoms with Crippen LogP contribution in [0.3, 0.4) is 0 Å². The van der Waals surface area contributed by atoms with Crippen LogP contribution in [0.15, 0.2) is 72.9 Å². The predicted octanol–water partition coefficient (Wildman–Crippen LogP) is 5.59. The highest BCUT2D eigenvalue weighted by Crippen LogP contribution is 2.39. The quantitative estimate of drug-likeness (QED) is 0.257. The van der Waals surface area contributed by atoms with Gasteiger partial charge in [-0.25, -0.2) is 4.98 Å². The van der Waals surface area contributed by atoms with E-state index in [2.05, 4.69) is 43.0 Å². The number of para-hydroxylation sites is 1. The highest BCUT2D eigenvalue weighted by atomic mass is 35.5. The van der Waals surface area contributed by atoms with Crippen LogP contribution in [0.2, 0.25) is 10.0 Å². The molecule has 1 unspecified atom stereocenters. The van der Waals surface area contributed by atoms with Gasteiger partial charge in [-0.3, -0.25) is 9.69 Å². The number of nitrogens with zero attached hydrogens (tertiary/aromatic N) is 4. The maximum atomic E-state index is 13.9. The van der Waals surface area contributed by atoms with E-state index in [1.807, 2.05) is 36.4 Å². The highest BCUT2D eigenvalue weighted by Gasteiger charge is 2.36. The van der Waals surface area contributed by atoms with Crippen LogP contribution in [0.25, 0.3) is 0 Å². The number of methoxy groups -OCH3 is 1. The molecule has 1 aromatic heterocycles. The Hall–Kier alpha value is -4.05. The first-order valence-corrected chi connectivity index (χ1v) is 14.1. The van der Waals surface area contributed by atoms with E-state index in [1.165, 1.54) is 11.9 Å². The van der Waals surface area contributed by atoms with Gasteiger partial charge >= 0.3 is 0 Å². The fourth-order valence-corrected chi connectivity index (χ4v) is 5.69. The van der Waals surface area contributed by atoms with E-state index in [9.17, 15) is 4.79 Å². The summed E-state index contributed by atoms with van der Waals surface area (Å²) in [7, 11) is 1.63. The first-order valence-electron chi connectivity index (χ1n) is 13.4. The van der Waals surface area contributed by atoms with Gasteiger partial charge in [-0.15, -0.1) is 0 Å². The van der Waals surface area contributed by atoms with Crippen molar-refractivity contribution in [3.63, 3.8) is 0 Å². The normalized spacial score (nSPS) is 16.7. The van der Waals surface area contributed by atoms with E-state index in [4.69, 9.17) is 27.9 Å². The highest BCUT2D eigenvalue weighted by molar-refractivity contribution is 6.40. The lowest BCUT2D eigenvalue weighted by atomic mass is 10.0. The molecule has 6 rings (SSSR count). The summed E-state index contributed by atoms with van der Waals surface area (Å²) in [6.45, 7) is 3.92. The molecule has 2 aliphatic heterocycles. The predicted molar refractivity (Wildman–Crippen MR) is 164 cm³/mol. The largest absolute Gasteiger partial charge is 0.497 e. The molecule has 4 aromatic rings. The Morgan fingerprint density at radius 2 is 1.71 bits per heavy atom. The molecule has 9 nitrogen and oxygen atoms in total. The first-order chi connectivity index (χ1) is 20.0. The molecular formula is C30H29Cl2N7O2. The van der Waals surface area contributed by atoms with Gasteiger partial charge in [0, 0.05) is 50.2 Å². The number of nitrogens with one attached hydrogen (secondary N) is 3. The molecule has 3 heterocycles. The lowest BCUT2D eigenvalue weighted by Gasteiger charge is -2.38. The number of rotatable bonds is 7. The lowest BCUT2D eigenvalue weighted by molar-refractivity contribution is 0.0974.